The minimum Gasteiger partial charge on any atom is -0.494 e. The molecule has 120 valence electrons. The number of amides is 1. The summed E-state index contributed by atoms with van der Waals surface area (Å²) in [6.45, 7) is 7.76. The lowest BCUT2D eigenvalue weighted by molar-refractivity contribution is -0.112. The first-order valence-corrected chi connectivity index (χ1v) is 12.3. The highest BCUT2D eigenvalue weighted by atomic mass is 79.9. The van der Waals surface area contributed by atoms with Crippen molar-refractivity contribution in [2.24, 2.45) is 0 Å². The number of hydrogen-bond acceptors (Lipinski definition) is 2. The van der Waals surface area contributed by atoms with E-state index in [2.05, 4.69) is 40.9 Å². The predicted molar refractivity (Wildman–Crippen MR) is 98.4 cm³/mol. The second-order valence-corrected chi connectivity index (χ2v) is 13.4. The number of carbonyl (C=O) groups is 1. The predicted octanol–water partition coefficient (Wildman–Crippen LogP) is 5.21. The molecule has 1 aliphatic carbocycles. The fourth-order valence-corrected chi connectivity index (χ4v) is 3.41. The molecule has 0 unspecified atom stereocenters. The van der Waals surface area contributed by atoms with Crippen molar-refractivity contribution in [1.82, 2.24) is 0 Å². The topological polar surface area (TPSA) is 38.3 Å². The smallest absolute Gasteiger partial charge is 0.251 e. The normalized spacial score (nSPS) is 14.6. The maximum Gasteiger partial charge on any atom is 0.251 e. The summed E-state index contributed by atoms with van der Waals surface area (Å²) in [5.41, 5.74) is 1.68. The van der Waals surface area contributed by atoms with Gasteiger partial charge < -0.3 is 10.1 Å². The molecule has 1 amide bonds. The molecule has 5 heteroatoms. The number of rotatable bonds is 6. The molecule has 0 saturated heterocycles. The third kappa shape index (κ3) is 5.28. The van der Waals surface area contributed by atoms with Crippen LogP contribution >= 0.6 is 15.9 Å². The number of nitrogens with one attached hydrogen (secondary N) is 1. The largest absolute Gasteiger partial charge is 0.494 e. The standard InChI is InChI=1S/C17H24BrNO2Si/c1-22(2,3)11-10-21-14-8-9-16(15(18)12-14)19-17(20)13-6-4-5-7-13/h6,8-9,12H,4-5,7,10-11H2,1-3H3,(H,19,20). The minimum atomic E-state index is -1.07. The van der Waals surface area contributed by atoms with Crippen molar-refractivity contribution in [3.63, 3.8) is 0 Å². The molecule has 0 aromatic heterocycles. The van der Waals surface area contributed by atoms with Gasteiger partial charge in [0.25, 0.3) is 5.91 Å². The highest BCUT2D eigenvalue weighted by molar-refractivity contribution is 9.10. The van der Waals surface area contributed by atoms with Crippen LogP contribution in [0.15, 0.2) is 34.3 Å². The maximum atomic E-state index is 12.1. The lowest BCUT2D eigenvalue weighted by Gasteiger charge is -2.16. The quantitative estimate of drug-likeness (QED) is 0.686. The van der Waals surface area contributed by atoms with Crippen molar-refractivity contribution >= 4 is 35.6 Å². The minimum absolute atomic E-state index is 0.00519. The van der Waals surface area contributed by atoms with Crippen molar-refractivity contribution in [2.45, 2.75) is 44.9 Å². The zero-order chi connectivity index (χ0) is 16.2. The zero-order valence-electron chi connectivity index (χ0n) is 13.5. The average molecular weight is 382 g/mol. The first-order valence-electron chi connectivity index (χ1n) is 7.78. The highest BCUT2D eigenvalue weighted by Crippen LogP contribution is 2.29. The van der Waals surface area contributed by atoms with Crippen molar-refractivity contribution in [3.8, 4) is 5.75 Å². The Morgan fingerprint density at radius 1 is 1.36 bits per heavy atom. The summed E-state index contributed by atoms with van der Waals surface area (Å²) in [7, 11) is -1.07. The van der Waals surface area contributed by atoms with E-state index in [0.29, 0.717) is 0 Å². The summed E-state index contributed by atoms with van der Waals surface area (Å²) in [6, 6.07) is 6.86. The van der Waals surface area contributed by atoms with Gasteiger partial charge in [-0.05, 0) is 59.4 Å². The van der Waals surface area contributed by atoms with Gasteiger partial charge in [0.15, 0.2) is 0 Å². The van der Waals surface area contributed by atoms with Crippen LogP contribution in [-0.2, 0) is 4.79 Å². The molecule has 0 spiro atoms. The van der Waals surface area contributed by atoms with Gasteiger partial charge in [0.2, 0.25) is 0 Å². The molecule has 0 bridgehead atoms. The van der Waals surface area contributed by atoms with E-state index in [-0.39, 0.29) is 5.91 Å². The first-order chi connectivity index (χ1) is 10.3. The monoisotopic (exact) mass is 381 g/mol. The Labute approximate surface area is 142 Å². The van der Waals surface area contributed by atoms with Crippen LogP contribution in [0.1, 0.15) is 19.3 Å². The van der Waals surface area contributed by atoms with Gasteiger partial charge in [0.05, 0.1) is 12.3 Å². The Balaban J connectivity index is 1.93. The molecule has 3 nitrogen and oxygen atoms in total. The van der Waals surface area contributed by atoms with Crippen LogP contribution in [0.25, 0.3) is 0 Å². The number of carbonyl (C=O) groups excluding carboxylic acids is 1. The number of halogens is 1. The fourth-order valence-electron chi connectivity index (χ4n) is 2.24. The Morgan fingerprint density at radius 2 is 2.14 bits per heavy atom. The van der Waals surface area contributed by atoms with Crippen LogP contribution in [0.3, 0.4) is 0 Å². The number of allylic oxidation sites excluding steroid dienone is 1. The summed E-state index contributed by atoms with van der Waals surface area (Å²) in [5.74, 6) is 0.841. The average Bonchev–Trinajstić information content (AvgIpc) is 2.94. The summed E-state index contributed by atoms with van der Waals surface area (Å²) < 4.78 is 6.66. The highest BCUT2D eigenvalue weighted by Gasteiger charge is 2.15. The molecule has 1 N–H and O–H groups in total. The SMILES string of the molecule is C[Si](C)(C)CCOc1ccc(NC(=O)C2=CCCC2)c(Br)c1. The van der Waals surface area contributed by atoms with E-state index in [0.717, 1.165) is 53.4 Å². The number of hydrogen-bond donors (Lipinski definition) is 1. The van der Waals surface area contributed by atoms with E-state index in [4.69, 9.17) is 4.74 Å². The molecular formula is C17H24BrNO2Si. The molecule has 1 aromatic carbocycles. The van der Waals surface area contributed by atoms with Gasteiger partial charge in [-0.15, -0.1) is 0 Å². The molecular weight excluding hydrogens is 358 g/mol. The molecule has 0 heterocycles. The van der Waals surface area contributed by atoms with Crippen LogP contribution in [0.5, 0.6) is 5.75 Å². The zero-order valence-corrected chi connectivity index (χ0v) is 16.1. The summed E-state index contributed by atoms with van der Waals surface area (Å²) in [4.78, 5) is 12.1. The lowest BCUT2D eigenvalue weighted by Crippen LogP contribution is -2.22. The van der Waals surface area contributed by atoms with Crippen LogP contribution < -0.4 is 10.1 Å². The Kier molecular flexibility index (Phi) is 5.86. The summed E-state index contributed by atoms with van der Waals surface area (Å²) in [5, 5.41) is 2.96. The molecule has 2 rings (SSSR count). The van der Waals surface area contributed by atoms with E-state index in [1.165, 1.54) is 0 Å². The molecule has 22 heavy (non-hydrogen) atoms. The van der Waals surface area contributed by atoms with Crippen molar-refractivity contribution < 1.29 is 9.53 Å². The molecule has 1 aromatic rings. The Morgan fingerprint density at radius 3 is 2.73 bits per heavy atom. The molecule has 0 radical (unpaired) electrons. The second-order valence-electron chi connectivity index (χ2n) is 6.88. The van der Waals surface area contributed by atoms with E-state index in [1.54, 1.807) is 0 Å². The van der Waals surface area contributed by atoms with Crippen LogP contribution in [-0.4, -0.2) is 20.6 Å². The Hall–Kier alpha value is -1.07. The van der Waals surface area contributed by atoms with Crippen molar-refractivity contribution in [1.29, 1.82) is 0 Å². The number of anilines is 1. The van der Waals surface area contributed by atoms with Gasteiger partial charge in [-0.2, -0.15) is 0 Å². The third-order valence-corrected chi connectivity index (χ3v) is 6.00. The number of benzene rings is 1. The summed E-state index contributed by atoms with van der Waals surface area (Å²) in [6.07, 6.45) is 4.99. The van der Waals surface area contributed by atoms with Crippen molar-refractivity contribution in [3.05, 3.63) is 34.3 Å². The lowest BCUT2D eigenvalue weighted by atomic mass is 10.2. The molecule has 1 aliphatic rings. The van der Waals surface area contributed by atoms with Crippen LogP contribution in [0.2, 0.25) is 25.7 Å². The molecule has 0 fully saturated rings. The van der Waals surface area contributed by atoms with E-state index >= 15 is 0 Å². The fraction of sp³-hybridized carbons (Fsp3) is 0.471. The van der Waals surface area contributed by atoms with Gasteiger partial charge in [-0.1, -0.05) is 25.7 Å². The summed E-state index contributed by atoms with van der Waals surface area (Å²) >= 11 is 3.51. The second kappa shape index (κ2) is 7.46. The van der Waals surface area contributed by atoms with Crippen LogP contribution in [0, 0.1) is 0 Å². The van der Waals surface area contributed by atoms with Gasteiger partial charge in [0.1, 0.15) is 5.75 Å². The van der Waals surface area contributed by atoms with Gasteiger partial charge >= 0.3 is 0 Å². The van der Waals surface area contributed by atoms with Gasteiger partial charge in [-0.3, -0.25) is 4.79 Å². The molecule has 0 aliphatic heterocycles. The maximum absolute atomic E-state index is 12.1. The molecule has 0 saturated carbocycles. The van der Waals surface area contributed by atoms with Crippen molar-refractivity contribution in [2.75, 3.05) is 11.9 Å². The van der Waals surface area contributed by atoms with Gasteiger partial charge in [-0.25, -0.2) is 0 Å². The Bertz CT molecular complexity index is 579. The third-order valence-electron chi connectivity index (χ3n) is 3.64. The van der Waals surface area contributed by atoms with E-state index in [1.807, 2.05) is 24.3 Å². The number of ether oxygens (including phenoxy) is 1. The van der Waals surface area contributed by atoms with E-state index in [9.17, 15) is 4.79 Å². The first kappa shape index (κ1) is 17.3. The van der Waals surface area contributed by atoms with Crippen LogP contribution in [0.4, 0.5) is 5.69 Å². The van der Waals surface area contributed by atoms with E-state index < -0.39 is 8.07 Å². The molecule has 0 atom stereocenters. The van der Waals surface area contributed by atoms with Gasteiger partial charge in [0, 0.05) is 18.1 Å².